The van der Waals surface area contributed by atoms with Crippen LogP contribution in [0.2, 0.25) is 5.02 Å². The molecule has 0 aliphatic carbocycles. The molecule has 0 bridgehead atoms. The molecule has 6 nitrogen and oxygen atoms in total. The maximum absolute atomic E-state index is 12.2. The summed E-state index contributed by atoms with van der Waals surface area (Å²) < 4.78 is 25.2. The van der Waals surface area contributed by atoms with E-state index in [0.29, 0.717) is 22.0 Å². The second kappa shape index (κ2) is 6.97. The number of pyridine rings is 1. The standard InChI is InChI=1S/C15H16ClN3O3S/c1-11-8-12(16)5-6-14(11)19(23(2,21)22)10-15(20)18-13-4-3-7-17-9-13/h3-9H,10H2,1-2H3,(H,18,20). The van der Waals surface area contributed by atoms with Crippen molar-refractivity contribution in [1.82, 2.24) is 4.98 Å². The summed E-state index contributed by atoms with van der Waals surface area (Å²) in [6.07, 6.45) is 4.12. The van der Waals surface area contributed by atoms with Crippen molar-refractivity contribution in [2.24, 2.45) is 0 Å². The first kappa shape index (κ1) is 17.2. The van der Waals surface area contributed by atoms with Crippen LogP contribution in [0.25, 0.3) is 0 Å². The van der Waals surface area contributed by atoms with Crippen molar-refractivity contribution in [1.29, 1.82) is 0 Å². The Hall–Kier alpha value is -2.12. The number of benzene rings is 1. The van der Waals surface area contributed by atoms with Crippen LogP contribution < -0.4 is 9.62 Å². The third kappa shape index (κ3) is 4.67. The quantitative estimate of drug-likeness (QED) is 0.895. The molecule has 8 heteroatoms. The van der Waals surface area contributed by atoms with Gasteiger partial charge in [0.05, 0.1) is 23.8 Å². The number of carbonyl (C=O) groups excluding carboxylic acids is 1. The lowest BCUT2D eigenvalue weighted by molar-refractivity contribution is -0.114. The van der Waals surface area contributed by atoms with E-state index in [-0.39, 0.29) is 6.54 Å². The summed E-state index contributed by atoms with van der Waals surface area (Å²) in [5.41, 5.74) is 1.58. The van der Waals surface area contributed by atoms with Crippen molar-refractivity contribution < 1.29 is 13.2 Å². The highest BCUT2D eigenvalue weighted by atomic mass is 35.5. The number of sulfonamides is 1. The number of nitrogens with zero attached hydrogens (tertiary/aromatic N) is 2. The van der Waals surface area contributed by atoms with E-state index < -0.39 is 15.9 Å². The largest absolute Gasteiger partial charge is 0.323 e. The van der Waals surface area contributed by atoms with Crippen LogP contribution in [-0.4, -0.2) is 32.1 Å². The van der Waals surface area contributed by atoms with Crippen LogP contribution in [-0.2, 0) is 14.8 Å². The fourth-order valence-corrected chi connectivity index (χ4v) is 3.19. The summed E-state index contributed by atoms with van der Waals surface area (Å²) >= 11 is 5.89. The Bertz CT molecular complexity index is 810. The predicted molar refractivity (Wildman–Crippen MR) is 91.2 cm³/mol. The van der Waals surface area contributed by atoms with Crippen molar-refractivity contribution in [3.05, 3.63) is 53.3 Å². The zero-order valence-corrected chi connectivity index (χ0v) is 14.2. The number of nitrogens with one attached hydrogen (secondary N) is 1. The smallest absolute Gasteiger partial charge is 0.245 e. The van der Waals surface area contributed by atoms with Crippen LogP contribution >= 0.6 is 11.6 Å². The van der Waals surface area contributed by atoms with Gasteiger partial charge in [0.15, 0.2) is 0 Å². The molecule has 1 aromatic heterocycles. The van der Waals surface area contributed by atoms with E-state index in [2.05, 4.69) is 10.3 Å². The Labute approximate surface area is 140 Å². The average molecular weight is 354 g/mol. The van der Waals surface area contributed by atoms with Gasteiger partial charge in [-0.3, -0.25) is 14.1 Å². The van der Waals surface area contributed by atoms with E-state index in [9.17, 15) is 13.2 Å². The Morgan fingerprint density at radius 3 is 2.65 bits per heavy atom. The van der Waals surface area contributed by atoms with Gasteiger partial charge < -0.3 is 5.32 Å². The normalized spacial score (nSPS) is 11.1. The molecule has 1 aromatic carbocycles. The van der Waals surface area contributed by atoms with Gasteiger partial charge in [-0.25, -0.2) is 8.42 Å². The number of amides is 1. The van der Waals surface area contributed by atoms with Gasteiger partial charge in [0.2, 0.25) is 15.9 Å². The van der Waals surface area contributed by atoms with Crippen molar-refractivity contribution in [2.45, 2.75) is 6.92 Å². The minimum atomic E-state index is -3.63. The van der Waals surface area contributed by atoms with Gasteiger partial charge >= 0.3 is 0 Å². The minimum Gasteiger partial charge on any atom is -0.323 e. The van der Waals surface area contributed by atoms with Gasteiger partial charge in [-0.15, -0.1) is 0 Å². The molecule has 0 atom stereocenters. The molecule has 122 valence electrons. The SMILES string of the molecule is Cc1cc(Cl)ccc1N(CC(=O)Nc1cccnc1)S(C)(=O)=O. The van der Waals surface area contributed by atoms with Crippen molar-refractivity contribution in [3.8, 4) is 0 Å². The van der Waals surface area contributed by atoms with Crippen molar-refractivity contribution in [2.75, 3.05) is 22.4 Å². The van der Waals surface area contributed by atoms with Gasteiger partial charge in [0.1, 0.15) is 6.54 Å². The molecule has 23 heavy (non-hydrogen) atoms. The highest BCUT2D eigenvalue weighted by molar-refractivity contribution is 7.92. The summed E-state index contributed by atoms with van der Waals surface area (Å²) in [4.78, 5) is 16.0. The molecule has 0 aliphatic rings. The first-order chi connectivity index (χ1) is 10.8. The third-order valence-electron chi connectivity index (χ3n) is 3.06. The average Bonchev–Trinajstić information content (AvgIpc) is 2.45. The number of anilines is 2. The second-order valence-corrected chi connectivity index (χ2v) is 7.33. The molecule has 0 aliphatic heterocycles. The van der Waals surface area contributed by atoms with Gasteiger partial charge in [0.25, 0.3) is 0 Å². The van der Waals surface area contributed by atoms with E-state index in [1.54, 1.807) is 43.5 Å². The highest BCUT2D eigenvalue weighted by Gasteiger charge is 2.22. The second-order valence-electron chi connectivity index (χ2n) is 4.99. The van der Waals surface area contributed by atoms with Crippen LogP contribution in [0.3, 0.4) is 0 Å². The van der Waals surface area contributed by atoms with E-state index in [0.717, 1.165) is 10.6 Å². The lowest BCUT2D eigenvalue weighted by Crippen LogP contribution is -2.37. The van der Waals surface area contributed by atoms with Crippen molar-refractivity contribution >= 4 is 38.9 Å². The number of carbonyl (C=O) groups is 1. The Morgan fingerprint density at radius 2 is 2.09 bits per heavy atom. The zero-order chi connectivity index (χ0) is 17.0. The van der Waals surface area contributed by atoms with E-state index in [1.807, 2.05) is 0 Å². The number of hydrogen-bond acceptors (Lipinski definition) is 4. The van der Waals surface area contributed by atoms with Crippen LogP contribution in [0.1, 0.15) is 5.56 Å². The molecular formula is C15H16ClN3O3S. The number of rotatable bonds is 5. The zero-order valence-electron chi connectivity index (χ0n) is 12.7. The lowest BCUT2D eigenvalue weighted by atomic mass is 10.2. The molecule has 2 rings (SSSR count). The van der Waals surface area contributed by atoms with Gasteiger partial charge in [-0.05, 0) is 42.8 Å². The molecule has 1 heterocycles. The van der Waals surface area contributed by atoms with Gasteiger partial charge in [0, 0.05) is 11.2 Å². The maximum atomic E-state index is 12.2. The molecular weight excluding hydrogens is 338 g/mol. The predicted octanol–water partition coefficient (Wildman–Crippen LogP) is 2.45. The number of aryl methyl sites for hydroxylation is 1. The number of halogens is 1. The molecule has 0 fully saturated rings. The number of aromatic nitrogens is 1. The summed E-state index contributed by atoms with van der Waals surface area (Å²) in [6, 6.07) is 8.15. The maximum Gasteiger partial charge on any atom is 0.245 e. The summed E-state index contributed by atoms with van der Waals surface area (Å²) in [5.74, 6) is -0.460. The summed E-state index contributed by atoms with van der Waals surface area (Å²) in [7, 11) is -3.63. The fraction of sp³-hybridized carbons (Fsp3) is 0.200. The molecule has 0 saturated carbocycles. The van der Waals surface area contributed by atoms with Crippen LogP contribution in [0.5, 0.6) is 0 Å². The topological polar surface area (TPSA) is 79.4 Å². The fourth-order valence-electron chi connectivity index (χ4n) is 2.05. The van der Waals surface area contributed by atoms with E-state index in [1.165, 1.54) is 6.20 Å². The lowest BCUT2D eigenvalue weighted by Gasteiger charge is -2.23. The van der Waals surface area contributed by atoms with E-state index >= 15 is 0 Å². The Balaban J connectivity index is 2.25. The number of hydrogen-bond donors (Lipinski definition) is 1. The van der Waals surface area contributed by atoms with Crippen LogP contribution in [0, 0.1) is 6.92 Å². The molecule has 1 N–H and O–H groups in total. The molecule has 0 unspecified atom stereocenters. The summed E-state index contributed by atoms with van der Waals surface area (Å²) in [5, 5.41) is 3.11. The van der Waals surface area contributed by atoms with Gasteiger partial charge in [-0.2, -0.15) is 0 Å². The molecule has 2 aromatic rings. The highest BCUT2D eigenvalue weighted by Crippen LogP contribution is 2.25. The van der Waals surface area contributed by atoms with Gasteiger partial charge in [-0.1, -0.05) is 11.6 Å². The molecule has 0 radical (unpaired) electrons. The Morgan fingerprint density at radius 1 is 1.35 bits per heavy atom. The van der Waals surface area contributed by atoms with Crippen LogP contribution in [0.4, 0.5) is 11.4 Å². The van der Waals surface area contributed by atoms with Crippen LogP contribution in [0.15, 0.2) is 42.7 Å². The van der Waals surface area contributed by atoms with Crippen molar-refractivity contribution in [3.63, 3.8) is 0 Å². The molecule has 0 saturated heterocycles. The Kier molecular flexibility index (Phi) is 5.23. The first-order valence-corrected chi connectivity index (χ1v) is 8.94. The molecule has 1 amide bonds. The monoisotopic (exact) mass is 353 g/mol. The molecule has 0 spiro atoms. The van der Waals surface area contributed by atoms with E-state index in [4.69, 9.17) is 11.6 Å². The third-order valence-corrected chi connectivity index (χ3v) is 4.42. The first-order valence-electron chi connectivity index (χ1n) is 6.71. The summed E-state index contributed by atoms with van der Waals surface area (Å²) in [6.45, 7) is 1.40. The minimum absolute atomic E-state index is 0.337.